The van der Waals surface area contributed by atoms with E-state index in [1.54, 1.807) is 6.92 Å². The fourth-order valence-electron chi connectivity index (χ4n) is 1.60. The van der Waals surface area contributed by atoms with Gasteiger partial charge < -0.3 is 19.9 Å². The minimum Gasteiger partial charge on any atom is -0.378 e. The van der Waals surface area contributed by atoms with Gasteiger partial charge in [-0.05, 0) is 6.92 Å². The van der Waals surface area contributed by atoms with Gasteiger partial charge in [0.15, 0.2) is 11.8 Å². The average Bonchev–Trinajstić information content (AvgIpc) is 2.76. The summed E-state index contributed by atoms with van der Waals surface area (Å²) in [7, 11) is 0. The van der Waals surface area contributed by atoms with Gasteiger partial charge >= 0.3 is 0 Å². The second-order valence-electron chi connectivity index (χ2n) is 3.82. The zero-order chi connectivity index (χ0) is 12.1. The maximum atomic E-state index is 5.87. The molecule has 7 nitrogen and oxygen atoms in total. The molecule has 1 saturated heterocycles. The maximum absolute atomic E-state index is 5.87. The summed E-state index contributed by atoms with van der Waals surface area (Å²) in [6.45, 7) is 5.37. The SMILES string of the molecule is Cc1noc(CCN=C(N)N2CCOCC2)n1. The lowest BCUT2D eigenvalue weighted by Gasteiger charge is -2.27. The van der Waals surface area contributed by atoms with Crippen molar-refractivity contribution in [1.82, 2.24) is 15.0 Å². The molecule has 1 aliphatic heterocycles. The average molecular weight is 239 g/mol. The van der Waals surface area contributed by atoms with Gasteiger partial charge in [-0.25, -0.2) is 0 Å². The molecule has 1 aromatic rings. The van der Waals surface area contributed by atoms with E-state index < -0.39 is 0 Å². The van der Waals surface area contributed by atoms with Crippen LogP contribution in [0.15, 0.2) is 9.52 Å². The van der Waals surface area contributed by atoms with Crippen molar-refractivity contribution >= 4 is 5.96 Å². The fourth-order valence-corrected chi connectivity index (χ4v) is 1.60. The highest BCUT2D eigenvalue weighted by Crippen LogP contribution is 1.99. The third-order valence-corrected chi connectivity index (χ3v) is 2.50. The predicted molar refractivity (Wildman–Crippen MR) is 61.6 cm³/mol. The molecule has 94 valence electrons. The molecule has 2 N–H and O–H groups in total. The molecule has 0 unspecified atom stereocenters. The van der Waals surface area contributed by atoms with Gasteiger partial charge in [-0.2, -0.15) is 4.98 Å². The number of aromatic nitrogens is 2. The predicted octanol–water partition coefficient (Wildman–Crippen LogP) is -0.433. The molecular weight excluding hydrogens is 222 g/mol. The number of hydrogen-bond donors (Lipinski definition) is 1. The second-order valence-corrected chi connectivity index (χ2v) is 3.82. The van der Waals surface area contributed by atoms with Crippen LogP contribution in [0.25, 0.3) is 0 Å². The van der Waals surface area contributed by atoms with Crippen molar-refractivity contribution < 1.29 is 9.26 Å². The molecule has 17 heavy (non-hydrogen) atoms. The third-order valence-electron chi connectivity index (χ3n) is 2.50. The molecule has 0 saturated carbocycles. The van der Waals surface area contributed by atoms with E-state index in [0.717, 1.165) is 13.1 Å². The molecule has 2 heterocycles. The monoisotopic (exact) mass is 239 g/mol. The first-order chi connectivity index (χ1) is 8.25. The third kappa shape index (κ3) is 3.42. The van der Waals surface area contributed by atoms with Crippen molar-refractivity contribution in [2.75, 3.05) is 32.8 Å². The summed E-state index contributed by atoms with van der Waals surface area (Å²) in [5.74, 6) is 1.80. The molecular formula is C10H17N5O2. The Labute approximate surface area is 99.6 Å². The summed E-state index contributed by atoms with van der Waals surface area (Å²) >= 11 is 0. The molecule has 2 rings (SSSR count). The van der Waals surface area contributed by atoms with Crippen LogP contribution in [0.2, 0.25) is 0 Å². The van der Waals surface area contributed by atoms with Gasteiger partial charge in [0.05, 0.1) is 19.8 Å². The highest BCUT2D eigenvalue weighted by atomic mass is 16.5. The summed E-state index contributed by atoms with van der Waals surface area (Å²) < 4.78 is 10.2. The van der Waals surface area contributed by atoms with Crippen LogP contribution in [0, 0.1) is 6.92 Å². The summed E-state index contributed by atoms with van der Waals surface area (Å²) in [6.07, 6.45) is 0.617. The van der Waals surface area contributed by atoms with Crippen molar-refractivity contribution in [3.63, 3.8) is 0 Å². The van der Waals surface area contributed by atoms with E-state index in [4.69, 9.17) is 15.0 Å². The Hall–Kier alpha value is -1.63. The first kappa shape index (κ1) is 11.8. The Morgan fingerprint density at radius 2 is 2.24 bits per heavy atom. The number of nitrogens with zero attached hydrogens (tertiary/aromatic N) is 4. The normalized spacial score (nSPS) is 17.5. The molecule has 7 heteroatoms. The molecule has 0 amide bonds. The number of guanidine groups is 1. The number of nitrogens with two attached hydrogens (primary N) is 1. The van der Waals surface area contributed by atoms with Gasteiger partial charge in [0.25, 0.3) is 0 Å². The van der Waals surface area contributed by atoms with Gasteiger partial charge in [-0.3, -0.25) is 4.99 Å². The van der Waals surface area contributed by atoms with Gasteiger partial charge in [-0.15, -0.1) is 0 Å². The van der Waals surface area contributed by atoms with Gasteiger partial charge in [0, 0.05) is 19.5 Å². The highest BCUT2D eigenvalue weighted by Gasteiger charge is 2.12. The van der Waals surface area contributed by atoms with E-state index in [2.05, 4.69) is 15.1 Å². The number of aliphatic imine (C=N–C) groups is 1. The molecule has 0 spiro atoms. The standard InChI is InChI=1S/C10H17N5O2/c1-8-13-9(17-14-8)2-3-12-10(11)15-4-6-16-7-5-15/h2-7H2,1H3,(H2,11,12). The summed E-state index contributed by atoms with van der Waals surface area (Å²) in [6, 6.07) is 0. The lowest BCUT2D eigenvalue weighted by atomic mass is 10.4. The van der Waals surface area contributed by atoms with Crippen LogP contribution in [0.4, 0.5) is 0 Å². The van der Waals surface area contributed by atoms with Crippen LogP contribution < -0.4 is 5.73 Å². The largest absolute Gasteiger partial charge is 0.378 e. The lowest BCUT2D eigenvalue weighted by molar-refractivity contribution is 0.0674. The van der Waals surface area contributed by atoms with Crippen LogP contribution >= 0.6 is 0 Å². The molecule has 0 bridgehead atoms. The Kier molecular flexibility index (Phi) is 3.92. The van der Waals surface area contributed by atoms with E-state index >= 15 is 0 Å². The second kappa shape index (κ2) is 5.62. The number of morpholine rings is 1. The zero-order valence-electron chi connectivity index (χ0n) is 9.93. The number of rotatable bonds is 3. The molecule has 0 atom stereocenters. The van der Waals surface area contributed by atoms with Gasteiger partial charge in [0.2, 0.25) is 5.89 Å². The summed E-state index contributed by atoms with van der Waals surface area (Å²) in [4.78, 5) is 10.4. The van der Waals surface area contributed by atoms with Crippen molar-refractivity contribution in [2.24, 2.45) is 10.7 Å². The zero-order valence-corrected chi connectivity index (χ0v) is 9.93. The summed E-state index contributed by atoms with van der Waals surface area (Å²) in [5, 5.41) is 3.71. The number of aryl methyl sites for hydroxylation is 1. The topological polar surface area (TPSA) is 89.8 Å². The Morgan fingerprint density at radius 3 is 2.88 bits per heavy atom. The van der Waals surface area contributed by atoms with Crippen LogP contribution in [0.3, 0.4) is 0 Å². The van der Waals surface area contributed by atoms with Gasteiger partial charge in [0.1, 0.15) is 0 Å². The van der Waals surface area contributed by atoms with E-state index in [1.807, 2.05) is 4.90 Å². The van der Waals surface area contributed by atoms with Crippen LogP contribution in [-0.2, 0) is 11.2 Å². The first-order valence-electron chi connectivity index (χ1n) is 5.67. The minimum absolute atomic E-state index is 0.560. The smallest absolute Gasteiger partial charge is 0.228 e. The fraction of sp³-hybridized carbons (Fsp3) is 0.700. The minimum atomic E-state index is 0.560. The van der Waals surface area contributed by atoms with Crippen molar-refractivity contribution in [2.45, 2.75) is 13.3 Å². The van der Waals surface area contributed by atoms with E-state index in [-0.39, 0.29) is 0 Å². The lowest BCUT2D eigenvalue weighted by Crippen LogP contribution is -2.44. The van der Waals surface area contributed by atoms with E-state index in [1.165, 1.54) is 0 Å². The van der Waals surface area contributed by atoms with Crippen molar-refractivity contribution in [1.29, 1.82) is 0 Å². The Morgan fingerprint density at radius 1 is 1.47 bits per heavy atom. The molecule has 0 aliphatic carbocycles. The van der Waals surface area contributed by atoms with Crippen molar-refractivity contribution in [3.05, 3.63) is 11.7 Å². The first-order valence-corrected chi connectivity index (χ1v) is 5.67. The highest BCUT2D eigenvalue weighted by molar-refractivity contribution is 5.78. The number of ether oxygens (including phenoxy) is 1. The number of hydrogen-bond acceptors (Lipinski definition) is 5. The Balaban J connectivity index is 1.79. The van der Waals surface area contributed by atoms with E-state index in [9.17, 15) is 0 Å². The molecule has 1 aromatic heterocycles. The molecule has 0 aromatic carbocycles. The van der Waals surface area contributed by atoms with E-state index in [0.29, 0.717) is 43.9 Å². The van der Waals surface area contributed by atoms with Crippen LogP contribution in [0.1, 0.15) is 11.7 Å². The maximum Gasteiger partial charge on any atom is 0.228 e. The van der Waals surface area contributed by atoms with Crippen LogP contribution in [0.5, 0.6) is 0 Å². The molecule has 1 aliphatic rings. The molecule has 0 radical (unpaired) electrons. The van der Waals surface area contributed by atoms with Crippen molar-refractivity contribution in [3.8, 4) is 0 Å². The quantitative estimate of drug-likeness (QED) is 0.568. The summed E-state index contributed by atoms with van der Waals surface area (Å²) in [5.41, 5.74) is 5.87. The molecule has 1 fully saturated rings. The van der Waals surface area contributed by atoms with Crippen LogP contribution in [-0.4, -0.2) is 53.8 Å². The Bertz CT molecular complexity index is 384. The van der Waals surface area contributed by atoms with Gasteiger partial charge in [-0.1, -0.05) is 5.16 Å².